The molecule has 0 spiro atoms. The quantitative estimate of drug-likeness (QED) is 0.0956. The normalized spacial score (nSPS) is 11.9. The third-order valence-corrected chi connectivity index (χ3v) is 12.6. The Balaban J connectivity index is 1.49. The number of benzene rings is 1. The van der Waals surface area contributed by atoms with E-state index in [1.807, 2.05) is 45.3 Å². The van der Waals surface area contributed by atoms with Crippen LogP contribution in [0.1, 0.15) is 106 Å². The second-order valence-corrected chi connectivity index (χ2v) is 16.2. The zero-order valence-electron chi connectivity index (χ0n) is 25.6. The molecular formula is C35H46O2S4. The Kier molecular flexibility index (Phi) is 11.1. The van der Waals surface area contributed by atoms with Crippen molar-refractivity contribution >= 4 is 75.6 Å². The number of aryl methyl sites for hydroxylation is 3. The van der Waals surface area contributed by atoms with Gasteiger partial charge in [-0.3, -0.25) is 0 Å². The van der Waals surface area contributed by atoms with Gasteiger partial charge >= 0.3 is 0 Å². The third kappa shape index (κ3) is 7.14. The van der Waals surface area contributed by atoms with Crippen LogP contribution in [0.15, 0.2) is 18.2 Å². The molecule has 0 bridgehead atoms. The van der Waals surface area contributed by atoms with E-state index in [-0.39, 0.29) is 0 Å². The number of rotatable bonds is 17. The van der Waals surface area contributed by atoms with Crippen LogP contribution in [-0.4, -0.2) is 13.2 Å². The van der Waals surface area contributed by atoms with Gasteiger partial charge in [-0.1, -0.05) is 78.1 Å². The first-order valence-corrected chi connectivity index (χ1v) is 19.0. The molecule has 0 atom stereocenters. The minimum atomic E-state index is 0.781. The van der Waals surface area contributed by atoms with Gasteiger partial charge in [-0.15, -0.1) is 45.3 Å². The van der Waals surface area contributed by atoms with Crippen molar-refractivity contribution < 1.29 is 9.47 Å². The number of unbranched alkanes of at least 4 members (excludes halogenated alkanes) is 10. The highest BCUT2D eigenvalue weighted by Gasteiger charge is 2.23. The summed E-state index contributed by atoms with van der Waals surface area (Å²) in [4.78, 5) is 6.85. The molecule has 2 nitrogen and oxygen atoms in total. The molecule has 5 rings (SSSR count). The van der Waals surface area contributed by atoms with Crippen molar-refractivity contribution in [2.24, 2.45) is 0 Å². The zero-order chi connectivity index (χ0) is 28.8. The summed E-state index contributed by atoms with van der Waals surface area (Å²) >= 11 is 7.61. The van der Waals surface area contributed by atoms with Crippen LogP contribution in [0.3, 0.4) is 0 Å². The molecule has 0 amide bonds. The van der Waals surface area contributed by atoms with Crippen molar-refractivity contribution in [3.8, 4) is 21.3 Å². The summed E-state index contributed by atoms with van der Waals surface area (Å²) in [5.74, 6) is 2.14. The highest BCUT2D eigenvalue weighted by Crippen LogP contribution is 2.53. The average molecular weight is 627 g/mol. The lowest BCUT2D eigenvalue weighted by atomic mass is 10.1. The van der Waals surface area contributed by atoms with Crippen molar-refractivity contribution in [2.45, 2.75) is 112 Å². The molecule has 0 radical (unpaired) electrons. The fourth-order valence-electron chi connectivity index (χ4n) is 5.70. The zero-order valence-corrected chi connectivity index (χ0v) is 28.8. The Morgan fingerprint density at radius 3 is 1.61 bits per heavy atom. The lowest BCUT2D eigenvalue weighted by Gasteiger charge is -2.14. The Labute approximate surface area is 262 Å². The van der Waals surface area contributed by atoms with Crippen LogP contribution >= 0.6 is 45.3 Å². The van der Waals surface area contributed by atoms with Gasteiger partial charge in [-0.25, -0.2) is 0 Å². The van der Waals surface area contributed by atoms with Crippen molar-refractivity contribution in [3.63, 3.8) is 0 Å². The van der Waals surface area contributed by atoms with Gasteiger partial charge in [0.2, 0.25) is 0 Å². The van der Waals surface area contributed by atoms with Gasteiger partial charge in [-0.05, 0) is 51.8 Å². The van der Waals surface area contributed by atoms with E-state index >= 15 is 0 Å². The topological polar surface area (TPSA) is 18.5 Å². The van der Waals surface area contributed by atoms with E-state index < -0.39 is 0 Å². The molecule has 0 fully saturated rings. The summed E-state index contributed by atoms with van der Waals surface area (Å²) in [6, 6.07) is 7.08. The summed E-state index contributed by atoms with van der Waals surface area (Å²) < 4.78 is 17.3. The van der Waals surface area contributed by atoms with E-state index in [2.05, 4.69) is 52.8 Å². The van der Waals surface area contributed by atoms with E-state index in [1.165, 1.54) is 119 Å². The molecule has 222 valence electrons. The number of ether oxygens (including phenoxy) is 2. The highest BCUT2D eigenvalue weighted by atomic mass is 32.1. The molecule has 4 aromatic heterocycles. The molecule has 5 aromatic rings. The van der Waals surface area contributed by atoms with Crippen molar-refractivity contribution in [1.29, 1.82) is 0 Å². The molecule has 0 N–H and O–H groups in total. The Morgan fingerprint density at radius 1 is 0.512 bits per heavy atom. The van der Waals surface area contributed by atoms with Gasteiger partial charge in [-0.2, -0.15) is 0 Å². The predicted octanol–water partition coefficient (Wildman–Crippen LogP) is 13.5. The third-order valence-electron chi connectivity index (χ3n) is 7.90. The van der Waals surface area contributed by atoms with Gasteiger partial charge in [0.25, 0.3) is 0 Å². The molecular weight excluding hydrogens is 581 g/mol. The lowest BCUT2D eigenvalue weighted by molar-refractivity contribution is 0.307. The fraction of sp³-hybridized carbons (Fsp3) is 0.543. The number of thiophene rings is 4. The molecule has 0 aliphatic carbocycles. The molecule has 6 heteroatoms. The Morgan fingerprint density at radius 2 is 1.00 bits per heavy atom. The minimum absolute atomic E-state index is 0.781. The molecule has 41 heavy (non-hydrogen) atoms. The molecule has 4 heterocycles. The molecule has 1 aromatic carbocycles. The van der Waals surface area contributed by atoms with Crippen LogP contribution in [0.2, 0.25) is 0 Å². The Bertz CT molecular complexity index is 1490. The fourth-order valence-corrected chi connectivity index (χ4v) is 10.4. The summed E-state index contributed by atoms with van der Waals surface area (Å²) in [5, 5.41) is 3.88. The maximum Gasteiger partial charge on any atom is 0.146 e. The molecule has 0 saturated heterocycles. The van der Waals surface area contributed by atoms with Crippen molar-refractivity contribution in [3.05, 3.63) is 32.8 Å². The number of fused-ring (bicyclic) bond motifs is 3. The monoisotopic (exact) mass is 626 g/mol. The summed E-state index contributed by atoms with van der Waals surface area (Å²) in [5.41, 5.74) is 0. The van der Waals surface area contributed by atoms with E-state index in [1.54, 1.807) is 0 Å². The number of hydrogen-bond donors (Lipinski definition) is 0. The van der Waals surface area contributed by atoms with E-state index in [0.29, 0.717) is 0 Å². The SMILES string of the molecule is CCCCCCCCOc1c2cc(-c3sc(C)c4cc(C)sc34)sc2c(OCCCCCCCC)c2cc(C)sc12. The van der Waals surface area contributed by atoms with E-state index in [0.717, 1.165) is 37.6 Å². The smallest absolute Gasteiger partial charge is 0.146 e. The highest BCUT2D eigenvalue weighted by molar-refractivity contribution is 7.31. The van der Waals surface area contributed by atoms with Gasteiger partial charge in [0.05, 0.1) is 32.2 Å². The van der Waals surface area contributed by atoms with Gasteiger partial charge in [0, 0.05) is 35.7 Å². The average Bonchev–Trinajstić information content (AvgIpc) is 3.72. The largest absolute Gasteiger partial charge is 0.491 e. The van der Waals surface area contributed by atoms with Crippen LogP contribution < -0.4 is 9.47 Å². The van der Waals surface area contributed by atoms with Gasteiger partial charge < -0.3 is 9.47 Å². The second-order valence-electron chi connectivity index (χ2n) is 11.4. The molecule has 0 aliphatic rings. The summed E-state index contributed by atoms with van der Waals surface area (Å²) in [6.07, 6.45) is 15.3. The minimum Gasteiger partial charge on any atom is -0.491 e. The van der Waals surface area contributed by atoms with E-state index in [4.69, 9.17) is 9.47 Å². The van der Waals surface area contributed by atoms with Crippen LogP contribution in [-0.2, 0) is 0 Å². The predicted molar refractivity (Wildman–Crippen MR) is 188 cm³/mol. The molecule has 0 saturated carbocycles. The second kappa shape index (κ2) is 14.7. The number of hydrogen-bond acceptors (Lipinski definition) is 6. The van der Waals surface area contributed by atoms with Gasteiger partial charge in [0.1, 0.15) is 11.5 Å². The van der Waals surface area contributed by atoms with E-state index in [9.17, 15) is 0 Å². The van der Waals surface area contributed by atoms with Crippen molar-refractivity contribution in [1.82, 2.24) is 0 Å². The lowest BCUT2D eigenvalue weighted by Crippen LogP contribution is -2.00. The Hall–Kier alpha value is -1.60. The molecule has 0 unspecified atom stereocenters. The maximum absolute atomic E-state index is 6.70. The first-order valence-electron chi connectivity index (χ1n) is 15.8. The van der Waals surface area contributed by atoms with Gasteiger partial charge in [0.15, 0.2) is 0 Å². The summed E-state index contributed by atoms with van der Waals surface area (Å²) in [7, 11) is 0. The van der Waals surface area contributed by atoms with Crippen LogP contribution in [0, 0.1) is 20.8 Å². The van der Waals surface area contributed by atoms with Crippen LogP contribution in [0.5, 0.6) is 11.5 Å². The van der Waals surface area contributed by atoms with Crippen LogP contribution in [0.4, 0.5) is 0 Å². The standard InChI is InChI=1S/C35H46O2S4/c1-6-8-10-12-14-16-18-36-30-27-21-24(4)38-32(27)31(37-19-17-15-13-11-9-7-2)28-22-29(41-33(28)30)35-34-26(25(5)40-35)20-23(3)39-34/h20-22H,6-19H2,1-5H3. The maximum atomic E-state index is 6.70. The van der Waals surface area contributed by atoms with Crippen LogP contribution in [0.25, 0.3) is 40.0 Å². The summed E-state index contributed by atoms with van der Waals surface area (Å²) in [6.45, 7) is 12.8. The molecule has 0 aliphatic heterocycles. The first kappa shape index (κ1) is 30.8. The van der Waals surface area contributed by atoms with Crippen molar-refractivity contribution in [2.75, 3.05) is 13.2 Å². The first-order chi connectivity index (χ1) is 20.0.